The fourth-order valence-electron chi connectivity index (χ4n) is 1.10. The number of rotatable bonds is 2. The molecule has 0 saturated carbocycles. The lowest BCUT2D eigenvalue weighted by Crippen LogP contribution is -2.36. The van der Waals surface area contributed by atoms with Gasteiger partial charge in [0.1, 0.15) is 6.04 Å². The Labute approximate surface area is 76.5 Å². The van der Waals surface area contributed by atoms with Gasteiger partial charge < -0.3 is 5.32 Å². The Bertz CT molecular complexity index is 206. The summed E-state index contributed by atoms with van der Waals surface area (Å²) in [7, 11) is 0. The molecule has 12 heavy (non-hydrogen) atoms. The molecule has 0 spiro atoms. The third-order valence-corrected chi connectivity index (χ3v) is 3.02. The van der Waals surface area contributed by atoms with E-state index in [4.69, 9.17) is 5.26 Å². The maximum absolute atomic E-state index is 11.3. The molecule has 4 heteroatoms. The van der Waals surface area contributed by atoms with Crippen molar-refractivity contribution < 1.29 is 4.79 Å². The lowest BCUT2D eigenvalue weighted by molar-refractivity contribution is -0.124. The third-order valence-electron chi connectivity index (χ3n) is 1.85. The summed E-state index contributed by atoms with van der Waals surface area (Å²) in [4.78, 5) is 11.3. The van der Waals surface area contributed by atoms with Crippen molar-refractivity contribution in [3.05, 3.63) is 0 Å². The predicted molar refractivity (Wildman–Crippen MR) is 48.6 cm³/mol. The number of nitrogens with zero attached hydrogens (tertiary/aromatic N) is 1. The first-order valence-corrected chi connectivity index (χ1v) is 5.17. The Balaban J connectivity index is 2.33. The molecule has 0 radical (unpaired) electrons. The van der Waals surface area contributed by atoms with Crippen molar-refractivity contribution in [1.29, 1.82) is 5.26 Å². The van der Waals surface area contributed by atoms with Gasteiger partial charge in [-0.15, -0.1) is 0 Å². The Morgan fingerprint density at radius 2 is 2.58 bits per heavy atom. The van der Waals surface area contributed by atoms with Crippen molar-refractivity contribution in [1.82, 2.24) is 5.32 Å². The smallest absolute Gasteiger partial charge is 0.224 e. The summed E-state index contributed by atoms with van der Waals surface area (Å²) in [5.41, 5.74) is 0. The number of carbonyl (C=O) groups excluding carboxylic acids is 1. The summed E-state index contributed by atoms with van der Waals surface area (Å²) in [5, 5.41) is 11.1. The van der Waals surface area contributed by atoms with Crippen molar-refractivity contribution in [2.45, 2.75) is 19.4 Å². The summed E-state index contributed by atoms with van der Waals surface area (Å²) in [6.45, 7) is 1.69. The molecule has 66 valence electrons. The second-order valence-corrected chi connectivity index (χ2v) is 4.07. The van der Waals surface area contributed by atoms with E-state index >= 15 is 0 Å². The van der Waals surface area contributed by atoms with Crippen molar-refractivity contribution in [3.63, 3.8) is 0 Å². The fraction of sp³-hybridized carbons (Fsp3) is 0.750. The van der Waals surface area contributed by atoms with Gasteiger partial charge >= 0.3 is 0 Å². The number of nitriles is 1. The standard InChI is InChI=1S/C8H12N2OS/c1-6(4-9)10-8(11)7-2-3-12-5-7/h6-7H,2-3,5H2,1H3,(H,10,11)/t6-,7?/m1/s1. The van der Waals surface area contributed by atoms with Crippen molar-refractivity contribution >= 4 is 17.7 Å². The van der Waals surface area contributed by atoms with Crippen molar-refractivity contribution in [3.8, 4) is 6.07 Å². The first-order chi connectivity index (χ1) is 5.74. The number of thioether (sulfide) groups is 1. The monoisotopic (exact) mass is 184 g/mol. The van der Waals surface area contributed by atoms with Crippen molar-refractivity contribution in [2.75, 3.05) is 11.5 Å². The van der Waals surface area contributed by atoms with E-state index < -0.39 is 0 Å². The molecule has 1 fully saturated rings. The van der Waals surface area contributed by atoms with Gasteiger partial charge in [-0.1, -0.05) is 0 Å². The topological polar surface area (TPSA) is 52.9 Å². The minimum atomic E-state index is -0.358. The minimum absolute atomic E-state index is 0.0362. The number of amides is 1. The predicted octanol–water partition coefficient (Wildman–Crippen LogP) is 0.768. The number of nitrogens with one attached hydrogen (secondary N) is 1. The molecule has 1 aliphatic rings. The molecular formula is C8H12N2OS. The molecule has 0 aromatic carbocycles. The normalized spacial score (nSPS) is 24.5. The Kier molecular flexibility index (Phi) is 3.42. The summed E-state index contributed by atoms with van der Waals surface area (Å²) >= 11 is 1.80. The van der Waals surface area contributed by atoms with Crippen LogP contribution >= 0.6 is 11.8 Å². The van der Waals surface area contributed by atoms with Crippen LogP contribution in [0.4, 0.5) is 0 Å². The van der Waals surface area contributed by atoms with Crippen LogP contribution in [0.5, 0.6) is 0 Å². The molecule has 3 nitrogen and oxygen atoms in total. The van der Waals surface area contributed by atoms with Gasteiger partial charge in [-0.25, -0.2) is 0 Å². The van der Waals surface area contributed by atoms with Gasteiger partial charge in [0.25, 0.3) is 0 Å². The van der Waals surface area contributed by atoms with E-state index in [2.05, 4.69) is 5.32 Å². The average molecular weight is 184 g/mol. The maximum Gasteiger partial charge on any atom is 0.224 e. The van der Waals surface area contributed by atoms with E-state index in [9.17, 15) is 4.79 Å². The largest absolute Gasteiger partial charge is 0.340 e. The molecule has 0 aliphatic carbocycles. The quantitative estimate of drug-likeness (QED) is 0.689. The zero-order chi connectivity index (χ0) is 8.97. The molecule has 0 aromatic heterocycles. The average Bonchev–Trinajstić information content (AvgIpc) is 2.56. The minimum Gasteiger partial charge on any atom is -0.340 e. The van der Waals surface area contributed by atoms with Gasteiger partial charge in [0.2, 0.25) is 5.91 Å². The number of hydrogen-bond donors (Lipinski definition) is 1. The summed E-state index contributed by atoms with van der Waals surface area (Å²) in [6, 6.07) is 1.62. The molecule has 1 amide bonds. The van der Waals surface area contributed by atoms with Gasteiger partial charge in [0, 0.05) is 11.7 Å². The third kappa shape index (κ3) is 2.42. The summed E-state index contributed by atoms with van der Waals surface area (Å²) in [5.74, 6) is 2.14. The van der Waals surface area contributed by atoms with Gasteiger partial charge in [-0.3, -0.25) is 4.79 Å². The molecule has 0 aromatic rings. The maximum atomic E-state index is 11.3. The van der Waals surface area contributed by atoms with E-state index in [0.717, 1.165) is 17.9 Å². The molecule has 1 rings (SSSR count). The van der Waals surface area contributed by atoms with Crippen LogP contribution in [-0.2, 0) is 4.79 Å². The lowest BCUT2D eigenvalue weighted by Gasteiger charge is -2.10. The van der Waals surface area contributed by atoms with Crippen LogP contribution in [0.25, 0.3) is 0 Å². The first-order valence-electron chi connectivity index (χ1n) is 4.01. The van der Waals surface area contributed by atoms with E-state index in [1.807, 2.05) is 6.07 Å². The molecule has 1 unspecified atom stereocenters. The Hall–Kier alpha value is -0.690. The van der Waals surface area contributed by atoms with Crippen LogP contribution in [0.1, 0.15) is 13.3 Å². The second-order valence-electron chi connectivity index (χ2n) is 2.92. The van der Waals surface area contributed by atoms with Crippen molar-refractivity contribution in [2.24, 2.45) is 5.92 Å². The van der Waals surface area contributed by atoms with Gasteiger partial charge in [0.15, 0.2) is 0 Å². The SMILES string of the molecule is C[C@H](C#N)NC(=O)C1CCSC1. The fourth-order valence-corrected chi connectivity index (χ4v) is 2.33. The van der Waals surface area contributed by atoms with Crippen LogP contribution in [0.15, 0.2) is 0 Å². The number of carbonyl (C=O) groups is 1. The zero-order valence-corrected chi connectivity index (χ0v) is 7.86. The van der Waals surface area contributed by atoms with Crippen LogP contribution in [-0.4, -0.2) is 23.5 Å². The van der Waals surface area contributed by atoms with Crippen LogP contribution < -0.4 is 5.32 Å². The Morgan fingerprint density at radius 1 is 1.83 bits per heavy atom. The lowest BCUT2D eigenvalue weighted by atomic mass is 10.1. The first kappa shape index (κ1) is 9.40. The van der Waals surface area contributed by atoms with E-state index in [-0.39, 0.29) is 17.9 Å². The van der Waals surface area contributed by atoms with Gasteiger partial charge in [0.05, 0.1) is 6.07 Å². The van der Waals surface area contributed by atoms with E-state index in [1.165, 1.54) is 0 Å². The second kappa shape index (κ2) is 4.36. The highest BCUT2D eigenvalue weighted by Crippen LogP contribution is 2.23. The highest BCUT2D eigenvalue weighted by atomic mass is 32.2. The van der Waals surface area contributed by atoms with Crippen LogP contribution in [0.3, 0.4) is 0 Å². The highest BCUT2D eigenvalue weighted by Gasteiger charge is 2.23. The van der Waals surface area contributed by atoms with Gasteiger partial charge in [-0.2, -0.15) is 17.0 Å². The molecule has 1 heterocycles. The van der Waals surface area contributed by atoms with E-state index in [0.29, 0.717) is 0 Å². The molecule has 2 atom stereocenters. The molecule has 1 aliphatic heterocycles. The van der Waals surface area contributed by atoms with Crippen LogP contribution in [0, 0.1) is 17.2 Å². The number of hydrogen-bond acceptors (Lipinski definition) is 3. The Morgan fingerprint density at radius 3 is 3.08 bits per heavy atom. The zero-order valence-electron chi connectivity index (χ0n) is 7.04. The molecule has 0 bridgehead atoms. The van der Waals surface area contributed by atoms with Gasteiger partial charge in [-0.05, 0) is 19.1 Å². The molecule has 1 N–H and O–H groups in total. The summed E-state index contributed by atoms with van der Waals surface area (Å²) in [6.07, 6.45) is 0.953. The van der Waals surface area contributed by atoms with Crippen LogP contribution in [0.2, 0.25) is 0 Å². The summed E-state index contributed by atoms with van der Waals surface area (Å²) < 4.78 is 0. The highest BCUT2D eigenvalue weighted by molar-refractivity contribution is 7.99. The molecular weight excluding hydrogens is 172 g/mol. The molecule has 1 saturated heterocycles. The van der Waals surface area contributed by atoms with E-state index in [1.54, 1.807) is 18.7 Å².